The summed E-state index contributed by atoms with van der Waals surface area (Å²) in [7, 11) is 1.63. The van der Waals surface area contributed by atoms with E-state index >= 15 is 0 Å². The van der Waals surface area contributed by atoms with E-state index in [4.69, 9.17) is 14.2 Å². The van der Waals surface area contributed by atoms with Gasteiger partial charge in [0.05, 0.1) is 13.2 Å². The first-order valence-corrected chi connectivity index (χ1v) is 8.10. The van der Waals surface area contributed by atoms with Crippen molar-refractivity contribution in [3.8, 4) is 5.75 Å². The fraction of sp³-hybridized carbons (Fsp3) is 0.611. The van der Waals surface area contributed by atoms with E-state index in [1.165, 1.54) is 6.42 Å². The number of hydrogen-bond acceptors (Lipinski definition) is 4. The average Bonchev–Trinajstić information content (AvgIpc) is 3.16. The van der Waals surface area contributed by atoms with E-state index < -0.39 is 5.60 Å². The third-order valence-electron chi connectivity index (χ3n) is 4.74. The lowest BCUT2D eigenvalue weighted by atomic mass is 9.77. The Morgan fingerprint density at radius 2 is 1.77 bits per heavy atom. The van der Waals surface area contributed by atoms with Gasteiger partial charge in [-0.1, -0.05) is 31.4 Å². The minimum Gasteiger partial charge on any atom is -0.497 e. The topological polar surface area (TPSA) is 48.1 Å². The molecule has 1 aromatic carbocycles. The molecule has 1 aromatic rings. The Morgan fingerprint density at radius 3 is 2.32 bits per heavy atom. The Bertz CT molecular complexity index is 543. The number of esters is 1. The van der Waals surface area contributed by atoms with Crippen LogP contribution >= 0.6 is 0 Å². The van der Waals surface area contributed by atoms with Gasteiger partial charge in [-0.3, -0.25) is 0 Å². The maximum absolute atomic E-state index is 12.8. The van der Waals surface area contributed by atoms with Crippen molar-refractivity contribution < 1.29 is 19.0 Å². The summed E-state index contributed by atoms with van der Waals surface area (Å²) in [5.74, 6) is 0.518. The normalized spacial score (nSPS) is 26.0. The monoisotopic (exact) mass is 304 g/mol. The van der Waals surface area contributed by atoms with Crippen molar-refractivity contribution in [3.05, 3.63) is 29.8 Å². The molecule has 0 bridgehead atoms. The maximum Gasteiger partial charge on any atom is 0.346 e. The number of rotatable bonds is 4. The van der Waals surface area contributed by atoms with Gasteiger partial charge in [0, 0.05) is 0 Å². The molecule has 1 aliphatic heterocycles. The first kappa shape index (κ1) is 15.3. The van der Waals surface area contributed by atoms with E-state index in [-0.39, 0.29) is 17.7 Å². The van der Waals surface area contributed by atoms with E-state index in [0.29, 0.717) is 0 Å². The fourth-order valence-electron chi connectivity index (χ4n) is 3.63. The third-order valence-corrected chi connectivity index (χ3v) is 4.74. The third kappa shape index (κ3) is 2.30. The number of benzene rings is 1. The summed E-state index contributed by atoms with van der Waals surface area (Å²) in [6, 6.07) is 7.59. The summed E-state index contributed by atoms with van der Waals surface area (Å²) in [6.45, 7) is 3.74. The van der Waals surface area contributed by atoms with Gasteiger partial charge in [-0.05, 0) is 44.4 Å². The zero-order valence-electron chi connectivity index (χ0n) is 13.6. The molecule has 4 heteroatoms. The van der Waals surface area contributed by atoms with Crippen LogP contribution in [0.25, 0.3) is 0 Å². The van der Waals surface area contributed by atoms with Crippen LogP contribution in [-0.4, -0.2) is 24.8 Å². The molecule has 0 radical (unpaired) electrons. The molecular weight excluding hydrogens is 280 g/mol. The smallest absolute Gasteiger partial charge is 0.346 e. The Balaban J connectivity index is 1.95. The Kier molecular flexibility index (Phi) is 3.89. The van der Waals surface area contributed by atoms with Crippen LogP contribution in [0.1, 0.15) is 51.5 Å². The highest BCUT2D eigenvalue weighted by Crippen LogP contribution is 2.63. The molecule has 1 unspecified atom stereocenters. The van der Waals surface area contributed by atoms with Crippen LogP contribution < -0.4 is 4.74 Å². The number of epoxide rings is 1. The molecule has 2 aliphatic rings. The second kappa shape index (κ2) is 5.58. The second-order valence-corrected chi connectivity index (χ2v) is 6.52. The summed E-state index contributed by atoms with van der Waals surface area (Å²) < 4.78 is 16.9. The van der Waals surface area contributed by atoms with Crippen LogP contribution in [0.15, 0.2) is 24.3 Å². The number of carbonyl (C=O) groups excluding carboxylic acids is 1. The van der Waals surface area contributed by atoms with Gasteiger partial charge < -0.3 is 14.2 Å². The largest absolute Gasteiger partial charge is 0.497 e. The molecular formula is C18H24O4. The zero-order chi connectivity index (χ0) is 15.8. The lowest BCUT2D eigenvalue weighted by molar-refractivity contribution is -0.154. The summed E-state index contributed by atoms with van der Waals surface area (Å²) >= 11 is 0. The van der Waals surface area contributed by atoms with Gasteiger partial charge in [0.2, 0.25) is 5.60 Å². The molecule has 4 nitrogen and oxygen atoms in total. The van der Waals surface area contributed by atoms with Gasteiger partial charge in [0.1, 0.15) is 11.4 Å². The van der Waals surface area contributed by atoms with Crippen molar-refractivity contribution in [2.75, 3.05) is 7.11 Å². The van der Waals surface area contributed by atoms with Crippen molar-refractivity contribution in [1.82, 2.24) is 0 Å². The van der Waals surface area contributed by atoms with Crippen LogP contribution in [0.2, 0.25) is 0 Å². The van der Waals surface area contributed by atoms with Crippen LogP contribution in [0.5, 0.6) is 5.75 Å². The van der Waals surface area contributed by atoms with Gasteiger partial charge in [-0.25, -0.2) is 4.79 Å². The first-order valence-electron chi connectivity index (χ1n) is 8.10. The molecule has 0 aromatic heterocycles. The second-order valence-electron chi connectivity index (χ2n) is 6.52. The average molecular weight is 304 g/mol. The number of hydrogen-bond donors (Lipinski definition) is 0. The molecule has 2 fully saturated rings. The molecule has 1 heterocycles. The van der Waals surface area contributed by atoms with Crippen molar-refractivity contribution in [2.24, 2.45) is 0 Å². The molecule has 0 N–H and O–H groups in total. The van der Waals surface area contributed by atoms with Crippen molar-refractivity contribution in [2.45, 2.75) is 63.3 Å². The quantitative estimate of drug-likeness (QED) is 0.630. The van der Waals surface area contributed by atoms with Gasteiger partial charge in [-0.2, -0.15) is 0 Å². The molecule has 1 spiro atoms. The maximum atomic E-state index is 12.8. The molecule has 1 aliphatic carbocycles. The SMILES string of the molecule is COc1ccc(C2(C(=O)OC(C)C)OC23CCCCC3)cc1. The van der Waals surface area contributed by atoms with Crippen LogP contribution in [0.3, 0.4) is 0 Å². The Morgan fingerprint density at radius 1 is 1.14 bits per heavy atom. The van der Waals surface area contributed by atoms with Crippen LogP contribution in [0, 0.1) is 0 Å². The van der Waals surface area contributed by atoms with Crippen molar-refractivity contribution in [1.29, 1.82) is 0 Å². The van der Waals surface area contributed by atoms with Crippen molar-refractivity contribution >= 4 is 5.97 Å². The fourth-order valence-corrected chi connectivity index (χ4v) is 3.63. The van der Waals surface area contributed by atoms with Crippen LogP contribution in [-0.2, 0) is 19.9 Å². The lowest BCUT2D eigenvalue weighted by Gasteiger charge is -2.24. The van der Waals surface area contributed by atoms with Gasteiger partial charge in [0.15, 0.2) is 0 Å². The minimum atomic E-state index is -0.927. The number of methoxy groups -OCH3 is 1. The molecule has 3 rings (SSSR count). The zero-order valence-corrected chi connectivity index (χ0v) is 13.6. The van der Waals surface area contributed by atoms with Gasteiger partial charge in [-0.15, -0.1) is 0 Å². The Hall–Kier alpha value is -1.55. The minimum absolute atomic E-state index is 0.146. The predicted molar refractivity (Wildman–Crippen MR) is 82.8 cm³/mol. The predicted octanol–water partition coefficient (Wildman–Crippen LogP) is 3.58. The summed E-state index contributed by atoms with van der Waals surface area (Å²) in [5, 5.41) is 0. The molecule has 22 heavy (non-hydrogen) atoms. The van der Waals surface area contributed by atoms with Crippen LogP contribution in [0.4, 0.5) is 0 Å². The molecule has 1 saturated heterocycles. The van der Waals surface area contributed by atoms with E-state index in [1.54, 1.807) is 7.11 Å². The van der Waals surface area contributed by atoms with Gasteiger partial charge in [0.25, 0.3) is 0 Å². The first-order chi connectivity index (χ1) is 10.5. The summed E-state index contributed by atoms with van der Waals surface area (Å²) in [5.41, 5.74) is -0.420. The number of carbonyl (C=O) groups is 1. The highest BCUT2D eigenvalue weighted by molar-refractivity contribution is 5.87. The lowest BCUT2D eigenvalue weighted by Crippen LogP contribution is -2.36. The van der Waals surface area contributed by atoms with Gasteiger partial charge >= 0.3 is 5.97 Å². The van der Waals surface area contributed by atoms with E-state index in [9.17, 15) is 4.79 Å². The molecule has 1 saturated carbocycles. The van der Waals surface area contributed by atoms with Crippen molar-refractivity contribution in [3.63, 3.8) is 0 Å². The van der Waals surface area contributed by atoms with E-state index in [1.807, 2.05) is 38.1 Å². The van der Waals surface area contributed by atoms with E-state index in [0.717, 1.165) is 37.0 Å². The highest BCUT2D eigenvalue weighted by Gasteiger charge is 2.76. The molecule has 0 amide bonds. The van der Waals surface area contributed by atoms with E-state index in [2.05, 4.69) is 0 Å². The number of ether oxygens (including phenoxy) is 3. The summed E-state index contributed by atoms with van der Waals surface area (Å²) in [6.07, 6.45) is 5.12. The molecule has 1 atom stereocenters. The Labute approximate surface area is 131 Å². The highest BCUT2D eigenvalue weighted by atomic mass is 16.7. The summed E-state index contributed by atoms with van der Waals surface area (Å²) in [4.78, 5) is 12.8. The standard InChI is InChI=1S/C18H24O4/c1-13(2)21-16(19)18(14-7-9-15(20-3)10-8-14)17(22-18)11-5-4-6-12-17/h7-10,13H,4-6,11-12H2,1-3H3. The molecule has 120 valence electrons.